The first-order valence-corrected chi connectivity index (χ1v) is 6.61. The summed E-state index contributed by atoms with van der Waals surface area (Å²) in [4.78, 5) is 2.05. The summed E-state index contributed by atoms with van der Waals surface area (Å²) in [6.45, 7) is 5.77. The van der Waals surface area contributed by atoms with E-state index in [1.807, 2.05) is 17.9 Å². The molecule has 1 aliphatic rings. The van der Waals surface area contributed by atoms with Gasteiger partial charge in [-0.1, -0.05) is 0 Å². The molecule has 1 atom stereocenters. The molecule has 4 nitrogen and oxygen atoms in total. The number of anilines is 1. The number of piperazine rings is 1. The molecule has 0 spiro atoms. The summed E-state index contributed by atoms with van der Waals surface area (Å²) in [5.41, 5.74) is 0.647. The molecule has 0 amide bonds. The van der Waals surface area contributed by atoms with Gasteiger partial charge in [-0.3, -0.25) is 0 Å². The van der Waals surface area contributed by atoms with E-state index in [9.17, 15) is 4.39 Å². The molecule has 1 fully saturated rings. The number of rotatable bonds is 5. The Morgan fingerprint density at radius 2 is 2.11 bits per heavy atom. The summed E-state index contributed by atoms with van der Waals surface area (Å²) in [5.74, 6) is 0.310. The quantitative estimate of drug-likeness (QED) is 0.880. The number of methoxy groups -OCH3 is 1. The van der Waals surface area contributed by atoms with Crippen LogP contribution in [0.5, 0.6) is 5.75 Å². The van der Waals surface area contributed by atoms with Crippen LogP contribution in [0.15, 0.2) is 18.2 Å². The standard InChI is InChI=1S/C14H21FN2O2/c1-11(18-2)10-19-12-3-4-14(13(15)9-12)17-7-5-16-6-8-17/h3-4,9,11,16H,5-8,10H2,1-2H3. The number of benzene rings is 1. The van der Waals surface area contributed by atoms with Crippen molar-refractivity contribution in [2.75, 3.05) is 44.8 Å². The third-order valence-corrected chi connectivity index (χ3v) is 3.26. The molecule has 1 aliphatic heterocycles. The molecule has 0 saturated carbocycles. The average molecular weight is 268 g/mol. The van der Waals surface area contributed by atoms with Crippen molar-refractivity contribution in [1.82, 2.24) is 5.32 Å². The summed E-state index contributed by atoms with van der Waals surface area (Å²) in [6, 6.07) is 5.04. The molecule has 5 heteroatoms. The van der Waals surface area contributed by atoms with Crippen molar-refractivity contribution >= 4 is 5.69 Å². The molecule has 0 aliphatic carbocycles. The van der Waals surface area contributed by atoms with Crippen LogP contribution >= 0.6 is 0 Å². The first-order valence-electron chi connectivity index (χ1n) is 6.61. The molecule has 0 radical (unpaired) electrons. The zero-order valence-corrected chi connectivity index (χ0v) is 11.5. The lowest BCUT2D eigenvalue weighted by atomic mass is 10.2. The summed E-state index contributed by atoms with van der Waals surface area (Å²) < 4.78 is 24.6. The van der Waals surface area contributed by atoms with E-state index in [1.54, 1.807) is 13.2 Å². The summed E-state index contributed by atoms with van der Waals surface area (Å²) in [6.07, 6.45) is -0.00379. The molecule has 106 valence electrons. The third-order valence-electron chi connectivity index (χ3n) is 3.26. The number of ether oxygens (including phenoxy) is 2. The molecule has 1 saturated heterocycles. The van der Waals surface area contributed by atoms with Gasteiger partial charge in [-0.15, -0.1) is 0 Å². The fraction of sp³-hybridized carbons (Fsp3) is 0.571. The zero-order valence-electron chi connectivity index (χ0n) is 11.5. The van der Waals surface area contributed by atoms with Gasteiger partial charge in [0, 0.05) is 39.4 Å². The van der Waals surface area contributed by atoms with E-state index in [-0.39, 0.29) is 11.9 Å². The second-order valence-corrected chi connectivity index (χ2v) is 4.71. The van der Waals surface area contributed by atoms with Gasteiger partial charge in [0.25, 0.3) is 0 Å². The highest BCUT2D eigenvalue weighted by Crippen LogP contribution is 2.24. The minimum atomic E-state index is -0.232. The predicted octanol–water partition coefficient (Wildman–Crippen LogP) is 1.65. The van der Waals surface area contributed by atoms with Crippen molar-refractivity contribution < 1.29 is 13.9 Å². The van der Waals surface area contributed by atoms with E-state index in [0.717, 1.165) is 26.2 Å². The Balaban J connectivity index is 2.00. The molecule has 2 rings (SSSR count). The number of hydrogen-bond acceptors (Lipinski definition) is 4. The molecule has 1 aromatic carbocycles. The molecule has 1 aromatic rings. The third kappa shape index (κ3) is 3.81. The zero-order chi connectivity index (χ0) is 13.7. The van der Waals surface area contributed by atoms with Gasteiger partial charge in [0.1, 0.15) is 18.2 Å². The van der Waals surface area contributed by atoms with Gasteiger partial charge in [0.2, 0.25) is 0 Å². The van der Waals surface area contributed by atoms with Gasteiger partial charge in [-0.2, -0.15) is 0 Å². The Morgan fingerprint density at radius 1 is 1.37 bits per heavy atom. The van der Waals surface area contributed by atoms with Gasteiger partial charge < -0.3 is 19.7 Å². The van der Waals surface area contributed by atoms with Crippen LogP contribution in [0, 0.1) is 5.82 Å². The minimum absolute atomic E-state index is 0.00379. The van der Waals surface area contributed by atoms with E-state index in [0.29, 0.717) is 18.0 Å². The second-order valence-electron chi connectivity index (χ2n) is 4.71. The second kappa shape index (κ2) is 6.73. The maximum atomic E-state index is 14.1. The lowest BCUT2D eigenvalue weighted by Gasteiger charge is -2.29. The summed E-state index contributed by atoms with van der Waals surface area (Å²) >= 11 is 0. The highest BCUT2D eigenvalue weighted by Gasteiger charge is 2.15. The van der Waals surface area contributed by atoms with Crippen LogP contribution in [-0.2, 0) is 4.74 Å². The Kier molecular flexibility index (Phi) is 4.99. The smallest absolute Gasteiger partial charge is 0.150 e. The Morgan fingerprint density at radius 3 is 2.74 bits per heavy atom. The van der Waals surface area contributed by atoms with E-state index >= 15 is 0 Å². The van der Waals surface area contributed by atoms with Crippen molar-refractivity contribution in [2.45, 2.75) is 13.0 Å². The van der Waals surface area contributed by atoms with Crippen LogP contribution in [-0.4, -0.2) is 46.0 Å². The number of nitrogens with one attached hydrogen (secondary N) is 1. The topological polar surface area (TPSA) is 33.7 Å². The van der Waals surface area contributed by atoms with Crippen LogP contribution in [0.25, 0.3) is 0 Å². The maximum Gasteiger partial charge on any atom is 0.150 e. The van der Waals surface area contributed by atoms with Crippen LogP contribution in [0.1, 0.15) is 6.92 Å². The highest BCUT2D eigenvalue weighted by atomic mass is 19.1. The van der Waals surface area contributed by atoms with Crippen molar-refractivity contribution in [2.24, 2.45) is 0 Å². The molecular weight excluding hydrogens is 247 g/mol. The lowest BCUT2D eigenvalue weighted by molar-refractivity contribution is 0.0715. The molecule has 19 heavy (non-hydrogen) atoms. The average Bonchev–Trinajstić information content (AvgIpc) is 2.45. The minimum Gasteiger partial charge on any atom is -0.491 e. The fourth-order valence-corrected chi connectivity index (χ4v) is 2.02. The van der Waals surface area contributed by atoms with Gasteiger partial charge in [0.05, 0.1) is 11.8 Å². The van der Waals surface area contributed by atoms with Gasteiger partial charge in [0.15, 0.2) is 0 Å². The highest BCUT2D eigenvalue weighted by molar-refractivity contribution is 5.51. The molecule has 1 N–H and O–H groups in total. The first kappa shape index (κ1) is 14.1. The Bertz CT molecular complexity index is 408. The van der Waals surface area contributed by atoms with Crippen LogP contribution in [0.2, 0.25) is 0 Å². The lowest BCUT2D eigenvalue weighted by Crippen LogP contribution is -2.43. The molecule has 0 bridgehead atoms. The van der Waals surface area contributed by atoms with Crippen LogP contribution in [0.4, 0.5) is 10.1 Å². The Hall–Kier alpha value is -1.33. The summed E-state index contributed by atoms with van der Waals surface area (Å²) in [7, 11) is 1.63. The number of hydrogen-bond donors (Lipinski definition) is 1. The van der Waals surface area contributed by atoms with Crippen molar-refractivity contribution in [3.05, 3.63) is 24.0 Å². The van der Waals surface area contributed by atoms with E-state index < -0.39 is 0 Å². The number of halogens is 1. The Labute approximate surface area is 113 Å². The first-order chi connectivity index (χ1) is 9.20. The molecule has 1 heterocycles. The van der Waals surface area contributed by atoms with E-state index in [2.05, 4.69) is 5.32 Å². The monoisotopic (exact) mass is 268 g/mol. The maximum absolute atomic E-state index is 14.1. The molecule has 1 unspecified atom stereocenters. The van der Waals surface area contributed by atoms with Crippen LogP contribution < -0.4 is 15.0 Å². The van der Waals surface area contributed by atoms with Crippen molar-refractivity contribution in [1.29, 1.82) is 0 Å². The van der Waals surface area contributed by atoms with E-state index in [1.165, 1.54) is 6.07 Å². The van der Waals surface area contributed by atoms with Crippen LogP contribution in [0.3, 0.4) is 0 Å². The molecular formula is C14H21FN2O2. The largest absolute Gasteiger partial charge is 0.491 e. The van der Waals surface area contributed by atoms with Gasteiger partial charge in [-0.25, -0.2) is 4.39 Å². The molecule has 0 aromatic heterocycles. The summed E-state index contributed by atoms with van der Waals surface area (Å²) in [5, 5.41) is 3.25. The SMILES string of the molecule is COC(C)COc1ccc(N2CCNCC2)c(F)c1. The van der Waals surface area contributed by atoms with Crippen molar-refractivity contribution in [3.63, 3.8) is 0 Å². The predicted molar refractivity (Wildman–Crippen MR) is 73.4 cm³/mol. The fourth-order valence-electron chi connectivity index (χ4n) is 2.02. The van der Waals surface area contributed by atoms with Gasteiger partial charge in [-0.05, 0) is 19.1 Å². The van der Waals surface area contributed by atoms with Crippen molar-refractivity contribution in [3.8, 4) is 5.75 Å². The number of nitrogens with zero attached hydrogens (tertiary/aromatic N) is 1. The van der Waals surface area contributed by atoms with E-state index in [4.69, 9.17) is 9.47 Å². The van der Waals surface area contributed by atoms with Gasteiger partial charge >= 0.3 is 0 Å². The normalized spacial score (nSPS) is 17.3.